The van der Waals surface area contributed by atoms with Crippen LogP contribution in [0.2, 0.25) is 0 Å². The van der Waals surface area contributed by atoms with Gasteiger partial charge in [0.2, 0.25) is 16.0 Å². The van der Waals surface area contributed by atoms with Crippen molar-refractivity contribution in [3.8, 4) is 0 Å². The van der Waals surface area contributed by atoms with E-state index < -0.39 is 21.4 Å². The molecule has 8 heteroatoms. The lowest BCUT2D eigenvalue weighted by Crippen LogP contribution is -2.50. The summed E-state index contributed by atoms with van der Waals surface area (Å²) in [6.07, 6.45) is 0. The molecule has 0 aromatic heterocycles. The molecule has 19 heavy (non-hydrogen) atoms. The van der Waals surface area contributed by atoms with Gasteiger partial charge in [0.05, 0.1) is 5.75 Å². The van der Waals surface area contributed by atoms with Crippen LogP contribution in [0.3, 0.4) is 0 Å². The van der Waals surface area contributed by atoms with Crippen molar-refractivity contribution in [2.75, 3.05) is 12.8 Å². The van der Waals surface area contributed by atoms with Gasteiger partial charge in [-0.2, -0.15) is 0 Å². The highest BCUT2D eigenvalue weighted by Gasteiger charge is 2.41. The lowest BCUT2D eigenvalue weighted by Gasteiger charge is -2.34. The number of guanidine groups is 1. The topological polar surface area (TPSA) is 75.8 Å². The molecular formula is C11H13BrFN3O2S. The summed E-state index contributed by atoms with van der Waals surface area (Å²) in [5.74, 6) is -0.986. The fourth-order valence-electron chi connectivity index (χ4n) is 2.00. The SMILES string of the molecule is CN1C(N)=NC(C)(c2cc(Br)ccc2F)CS1(=O)=O. The lowest BCUT2D eigenvalue weighted by atomic mass is 9.94. The number of hydrogen-bond donors (Lipinski definition) is 1. The molecule has 1 heterocycles. The quantitative estimate of drug-likeness (QED) is 0.832. The van der Waals surface area contributed by atoms with E-state index in [2.05, 4.69) is 20.9 Å². The Kier molecular flexibility index (Phi) is 3.34. The van der Waals surface area contributed by atoms with Crippen LogP contribution in [0.1, 0.15) is 12.5 Å². The van der Waals surface area contributed by atoms with Crippen LogP contribution in [-0.2, 0) is 15.6 Å². The maximum Gasteiger partial charge on any atom is 0.239 e. The molecule has 5 nitrogen and oxygen atoms in total. The lowest BCUT2D eigenvalue weighted by molar-refractivity contribution is 0.457. The van der Waals surface area contributed by atoms with E-state index in [0.29, 0.717) is 4.47 Å². The molecule has 0 bridgehead atoms. The average Bonchev–Trinajstić information content (AvgIpc) is 2.28. The molecule has 2 rings (SSSR count). The van der Waals surface area contributed by atoms with E-state index in [1.807, 2.05) is 0 Å². The van der Waals surface area contributed by atoms with Crippen molar-refractivity contribution in [3.05, 3.63) is 34.1 Å². The summed E-state index contributed by atoms with van der Waals surface area (Å²) >= 11 is 3.24. The molecule has 0 saturated carbocycles. The molecule has 1 aromatic carbocycles. The Morgan fingerprint density at radius 1 is 1.53 bits per heavy atom. The zero-order valence-electron chi connectivity index (χ0n) is 10.4. The van der Waals surface area contributed by atoms with Crippen molar-refractivity contribution in [2.24, 2.45) is 10.7 Å². The van der Waals surface area contributed by atoms with Crippen molar-refractivity contribution < 1.29 is 12.8 Å². The minimum Gasteiger partial charge on any atom is -0.369 e. The summed E-state index contributed by atoms with van der Waals surface area (Å²) in [6, 6.07) is 4.33. The molecule has 1 atom stereocenters. The predicted octanol–water partition coefficient (Wildman–Crippen LogP) is 1.39. The van der Waals surface area contributed by atoms with Crippen LogP contribution < -0.4 is 5.73 Å². The van der Waals surface area contributed by atoms with Crippen LogP contribution in [0, 0.1) is 5.82 Å². The number of hydrogen-bond acceptors (Lipinski definition) is 4. The van der Waals surface area contributed by atoms with Crippen molar-refractivity contribution in [1.82, 2.24) is 4.31 Å². The van der Waals surface area contributed by atoms with Gasteiger partial charge in [-0.25, -0.2) is 22.1 Å². The Bertz CT molecular complexity index is 662. The first-order chi connectivity index (χ1) is 8.66. The van der Waals surface area contributed by atoms with Crippen molar-refractivity contribution >= 4 is 31.9 Å². The van der Waals surface area contributed by atoms with Gasteiger partial charge in [0.15, 0.2) is 0 Å². The highest BCUT2D eigenvalue weighted by molar-refractivity contribution is 9.10. The van der Waals surface area contributed by atoms with Gasteiger partial charge >= 0.3 is 0 Å². The maximum atomic E-state index is 13.9. The van der Waals surface area contributed by atoms with Crippen molar-refractivity contribution in [3.63, 3.8) is 0 Å². The standard InChI is InChI=1S/C11H13BrFN3O2S/c1-11(8-5-7(12)3-4-9(8)13)6-19(17,18)16(2)10(14)15-11/h3-5H,6H2,1-2H3,(H2,14,15). The van der Waals surface area contributed by atoms with Crippen LogP contribution in [0.15, 0.2) is 27.7 Å². The minimum atomic E-state index is -3.60. The smallest absolute Gasteiger partial charge is 0.239 e. The third kappa shape index (κ3) is 2.46. The Balaban J connectivity index is 2.64. The van der Waals surface area contributed by atoms with Gasteiger partial charge in [-0.15, -0.1) is 0 Å². The molecule has 0 radical (unpaired) electrons. The number of sulfonamides is 1. The van der Waals surface area contributed by atoms with Crippen LogP contribution >= 0.6 is 15.9 Å². The Morgan fingerprint density at radius 3 is 2.74 bits per heavy atom. The van der Waals surface area contributed by atoms with Gasteiger partial charge in [-0.1, -0.05) is 15.9 Å². The molecule has 0 aliphatic carbocycles. The van der Waals surface area contributed by atoms with Crippen LogP contribution in [0.25, 0.3) is 0 Å². The summed E-state index contributed by atoms with van der Waals surface area (Å²) in [6.45, 7) is 1.55. The molecular weight excluding hydrogens is 337 g/mol. The number of halogens is 2. The van der Waals surface area contributed by atoms with Gasteiger partial charge in [0.1, 0.15) is 11.4 Å². The number of aliphatic imine (C=N–C) groups is 1. The van der Waals surface area contributed by atoms with Gasteiger partial charge in [-0.05, 0) is 25.1 Å². The monoisotopic (exact) mass is 349 g/mol. The molecule has 1 aromatic rings. The van der Waals surface area contributed by atoms with Gasteiger partial charge in [0.25, 0.3) is 0 Å². The second-order valence-corrected chi connectivity index (χ2v) is 7.51. The molecule has 1 aliphatic rings. The average molecular weight is 350 g/mol. The van der Waals surface area contributed by atoms with Crippen LogP contribution in [-0.4, -0.2) is 31.5 Å². The molecule has 104 valence electrons. The highest BCUT2D eigenvalue weighted by atomic mass is 79.9. The molecule has 0 saturated heterocycles. The van der Waals surface area contributed by atoms with Gasteiger partial charge in [-0.3, -0.25) is 0 Å². The van der Waals surface area contributed by atoms with Gasteiger partial charge in [0, 0.05) is 17.1 Å². The van der Waals surface area contributed by atoms with E-state index in [0.717, 1.165) is 4.31 Å². The maximum absolute atomic E-state index is 13.9. The second kappa shape index (κ2) is 4.45. The first-order valence-electron chi connectivity index (χ1n) is 5.43. The van der Waals surface area contributed by atoms with Crippen LogP contribution in [0.5, 0.6) is 0 Å². The largest absolute Gasteiger partial charge is 0.369 e. The molecule has 2 N–H and O–H groups in total. The first-order valence-corrected chi connectivity index (χ1v) is 7.83. The number of benzene rings is 1. The summed E-state index contributed by atoms with van der Waals surface area (Å²) < 4.78 is 39.5. The zero-order valence-corrected chi connectivity index (χ0v) is 12.8. The minimum absolute atomic E-state index is 0.145. The number of nitrogens with zero attached hydrogens (tertiary/aromatic N) is 2. The molecule has 1 aliphatic heterocycles. The van der Waals surface area contributed by atoms with E-state index in [9.17, 15) is 12.8 Å². The number of nitrogens with two attached hydrogens (primary N) is 1. The third-order valence-corrected chi connectivity index (χ3v) is 5.52. The molecule has 1 unspecified atom stereocenters. The van der Waals surface area contributed by atoms with E-state index >= 15 is 0 Å². The van der Waals surface area contributed by atoms with Gasteiger partial charge < -0.3 is 5.73 Å². The van der Waals surface area contributed by atoms with Crippen LogP contribution in [0.4, 0.5) is 4.39 Å². The normalized spacial score (nSPS) is 26.1. The Labute approximate surface area is 119 Å². The second-order valence-electron chi connectivity index (χ2n) is 4.59. The summed E-state index contributed by atoms with van der Waals surface area (Å²) in [7, 11) is -2.28. The van der Waals surface area contributed by atoms with E-state index in [-0.39, 0.29) is 17.3 Å². The number of rotatable bonds is 1. The van der Waals surface area contributed by atoms with Crippen molar-refractivity contribution in [1.29, 1.82) is 0 Å². The first kappa shape index (κ1) is 14.3. The van der Waals surface area contributed by atoms with Crippen molar-refractivity contribution in [2.45, 2.75) is 12.5 Å². The summed E-state index contributed by atoms with van der Waals surface area (Å²) in [4.78, 5) is 4.14. The fraction of sp³-hybridized carbons (Fsp3) is 0.364. The molecule has 0 amide bonds. The summed E-state index contributed by atoms with van der Waals surface area (Å²) in [5.41, 5.74) is 4.58. The zero-order chi connectivity index (χ0) is 14.4. The third-order valence-electron chi connectivity index (χ3n) is 3.07. The Hall–Kier alpha value is -1.15. The Morgan fingerprint density at radius 2 is 2.16 bits per heavy atom. The predicted molar refractivity (Wildman–Crippen MR) is 74.6 cm³/mol. The van der Waals surface area contributed by atoms with E-state index in [4.69, 9.17) is 5.73 Å². The molecule has 0 fully saturated rings. The van der Waals surface area contributed by atoms with E-state index in [1.54, 1.807) is 13.0 Å². The highest BCUT2D eigenvalue weighted by Crippen LogP contribution is 2.34. The molecule has 0 spiro atoms. The fourth-order valence-corrected chi connectivity index (χ4v) is 3.81. The summed E-state index contributed by atoms with van der Waals surface area (Å²) in [5, 5.41) is 0. The van der Waals surface area contributed by atoms with E-state index in [1.165, 1.54) is 19.2 Å².